The van der Waals surface area contributed by atoms with Gasteiger partial charge in [-0.2, -0.15) is 0 Å². The number of methoxy groups -OCH3 is 1. The zero-order valence-electron chi connectivity index (χ0n) is 14.0. The smallest absolute Gasteiger partial charge is 0.314 e. The number of ether oxygens (including phenoxy) is 1. The molecule has 1 aromatic carbocycles. The fraction of sp³-hybridized carbons (Fsp3) is 0.222. The molecular formula is C18H17NO6. The number of hydrogen-bond acceptors (Lipinski definition) is 6. The van der Waals surface area contributed by atoms with Gasteiger partial charge < -0.3 is 18.7 Å². The van der Waals surface area contributed by atoms with Gasteiger partial charge in [-0.15, -0.1) is 0 Å². The van der Waals surface area contributed by atoms with Crippen LogP contribution in [0.25, 0.3) is 0 Å². The van der Waals surface area contributed by atoms with E-state index in [-0.39, 0.29) is 11.3 Å². The Bertz CT molecular complexity index is 883. The number of furan rings is 2. The maximum atomic E-state index is 11.3. The van der Waals surface area contributed by atoms with Crippen molar-refractivity contribution < 1.29 is 23.6 Å². The lowest BCUT2D eigenvalue weighted by atomic mass is 9.92. The fourth-order valence-electron chi connectivity index (χ4n) is 2.76. The summed E-state index contributed by atoms with van der Waals surface area (Å²) in [4.78, 5) is 10.6. The molecule has 25 heavy (non-hydrogen) atoms. The van der Waals surface area contributed by atoms with Gasteiger partial charge in [0.05, 0.1) is 18.1 Å². The van der Waals surface area contributed by atoms with E-state index < -0.39 is 22.3 Å². The monoisotopic (exact) mass is 343 g/mol. The summed E-state index contributed by atoms with van der Waals surface area (Å²) in [6.07, 6.45) is 0. The largest absolute Gasteiger partial charge is 0.502 e. The molecule has 0 radical (unpaired) electrons. The van der Waals surface area contributed by atoms with Gasteiger partial charge in [-0.25, -0.2) is 0 Å². The molecule has 0 spiro atoms. The summed E-state index contributed by atoms with van der Waals surface area (Å²) in [6.45, 7) is 3.59. The predicted octanol–water partition coefficient (Wildman–Crippen LogP) is 4.29. The highest BCUT2D eigenvalue weighted by atomic mass is 16.6. The Labute approximate surface area is 143 Å². The highest BCUT2D eigenvalue weighted by molar-refractivity contribution is 5.59. The van der Waals surface area contributed by atoms with Crippen LogP contribution in [0.15, 0.2) is 45.2 Å². The van der Waals surface area contributed by atoms with Crippen LogP contribution in [0.4, 0.5) is 5.69 Å². The third-order valence-electron chi connectivity index (χ3n) is 3.93. The summed E-state index contributed by atoms with van der Waals surface area (Å²) >= 11 is 0. The average molecular weight is 343 g/mol. The molecule has 3 rings (SSSR count). The van der Waals surface area contributed by atoms with E-state index in [2.05, 4.69) is 0 Å². The third kappa shape index (κ3) is 3.08. The van der Waals surface area contributed by atoms with Gasteiger partial charge in [-0.3, -0.25) is 10.1 Å². The average Bonchev–Trinajstić information content (AvgIpc) is 3.18. The molecule has 0 aliphatic carbocycles. The standard InChI is InChI=1S/C18H17NO6/c1-10-4-6-15(24-10)17(16-7-5-11(2)25-16)13-8-12(23-3)9-14(18(13)20)19(21)22/h4-9,17,20H,1-3H3. The Morgan fingerprint density at radius 2 is 1.64 bits per heavy atom. The molecular weight excluding hydrogens is 326 g/mol. The molecule has 0 unspecified atom stereocenters. The predicted molar refractivity (Wildman–Crippen MR) is 89.1 cm³/mol. The summed E-state index contributed by atoms with van der Waals surface area (Å²) in [5.74, 6) is 1.54. The van der Waals surface area contributed by atoms with Crippen molar-refractivity contribution in [1.82, 2.24) is 0 Å². The van der Waals surface area contributed by atoms with Crippen molar-refractivity contribution in [2.75, 3.05) is 7.11 Å². The van der Waals surface area contributed by atoms with Crippen molar-refractivity contribution in [2.24, 2.45) is 0 Å². The Balaban J connectivity index is 2.26. The Morgan fingerprint density at radius 1 is 1.08 bits per heavy atom. The van der Waals surface area contributed by atoms with Gasteiger partial charge in [0.25, 0.3) is 0 Å². The van der Waals surface area contributed by atoms with Crippen molar-refractivity contribution in [2.45, 2.75) is 19.8 Å². The lowest BCUT2D eigenvalue weighted by molar-refractivity contribution is -0.386. The topological polar surface area (TPSA) is 98.9 Å². The van der Waals surface area contributed by atoms with Crippen LogP contribution in [-0.4, -0.2) is 17.1 Å². The van der Waals surface area contributed by atoms with Crippen molar-refractivity contribution in [3.8, 4) is 11.5 Å². The molecule has 3 aromatic rings. The molecule has 0 aliphatic heterocycles. The molecule has 0 saturated carbocycles. The van der Waals surface area contributed by atoms with E-state index in [0.29, 0.717) is 23.0 Å². The number of hydrogen-bond donors (Lipinski definition) is 1. The fourth-order valence-corrected chi connectivity index (χ4v) is 2.76. The molecule has 0 bridgehead atoms. The number of phenolic OH excluding ortho intramolecular Hbond substituents is 1. The highest BCUT2D eigenvalue weighted by Gasteiger charge is 2.31. The number of nitro benzene ring substituents is 1. The highest BCUT2D eigenvalue weighted by Crippen LogP contribution is 2.44. The van der Waals surface area contributed by atoms with Gasteiger partial charge in [0, 0.05) is 5.56 Å². The molecule has 0 aliphatic rings. The number of aryl methyl sites for hydroxylation is 2. The Hall–Kier alpha value is -3.22. The molecule has 2 heterocycles. The number of nitrogens with zero attached hydrogens (tertiary/aromatic N) is 1. The van der Waals surface area contributed by atoms with Crippen molar-refractivity contribution in [3.63, 3.8) is 0 Å². The van der Waals surface area contributed by atoms with Gasteiger partial charge in [0.15, 0.2) is 5.75 Å². The number of aromatic hydroxyl groups is 1. The Morgan fingerprint density at radius 3 is 2.04 bits per heavy atom. The molecule has 0 saturated heterocycles. The second-order valence-electron chi connectivity index (χ2n) is 5.67. The maximum absolute atomic E-state index is 11.3. The van der Waals surface area contributed by atoms with Crippen molar-refractivity contribution in [3.05, 3.63) is 75.1 Å². The van der Waals surface area contributed by atoms with Crippen LogP contribution in [0.3, 0.4) is 0 Å². The molecule has 0 fully saturated rings. The molecule has 7 nitrogen and oxygen atoms in total. The van der Waals surface area contributed by atoms with Gasteiger partial charge >= 0.3 is 5.69 Å². The SMILES string of the molecule is COc1cc(C(c2ccc(C)o2)c2ccc(C)o2)c(O)c([N+](=O)[O-])c1. The van der Waals surface area contributed by atoms with Crippen LogP contribution >= 0.6 is 0 Å². The van der Waals surface area contributed by atoms with Crippen LogP contribution in [0.1, 0.15) is 34.5 Å². The van der Waals surface area contributed by atoms with E-state index in [0.717, 1.165) is 0 Å². The first-order valence-corrected chi connectivity index (χ1v) is 7.58. The van der Waals surface area contributed by atoms with Gasteiger partial charge in [-0.05, 0) is 44.2 Å². The first kappa shape index (κ1) is 16.6. The first-order valence-electron chi connectivity index (χ1n) is 7.58. The minimum Gasteiger partial charge on any atom is -0.502 e. The Kier molecular flexibility index (Phi) is 4.22. The van der Waals surface area contributed by atoms with E-state index in [1.54, 1.807) is 44.2 Å². The lowest BCUT2D eigenvalue weighted by Gasteiger charge is -2.16. The molecule has 1 N–H and O–H groups in total. The molecule has 0 atom stereocenters. The van der Waals surface area contributed by atoms with E-state index in [9.17, 15) is 15.2 Å². The number of rotatable bonds is 5. The summed E-state index contributed by atoms with van der Waals surface area (Å²) in [7, 11) is 1.41. The van der Waals surface area contributed by atoms with E-state index >= 15 is 0 Å². The summed E-state index contributed by atoms with van der Waals surface area (Å²) in [6, 6.07) is 9.79. The third-order valence-corrected chi connectivity index (χ3v) is 3.93. The summed E-state index contributed by atoms with van der Waals surface area (Å²) in [5.41, 5.74) is -0.166. The van der Waals surface area contributed by atoms with Crippen LogP contribution in [0.2, 0.25) is 0 Å². The van der Waals surface area contributed by atoms with Crippen LogP contribution in [0.5, 0.6) is 11.5 Å². The molecule has 130 valence electrons. The number of nitro groups is 1. The zero-order chi connectivity index (χ0) is 18.1. The molecule has 0 amide bonds. The second-order valence-corrected chi connectivity index (χ2v) is 5.67. The zero-order valence-corrected chi connectivity index (χ0v) is 14.0. The molecule has 2 aromatic heterocycles. The quantitative estimate of drug-likeness (QED) is 0.548. The van der Waals surface area contributed by atoms with E-state index in [1.807, 2.05) is 0 Å². The van der Waals surface area contributed by atoms with Crippen LogP contribution in [-0.2, 0) is 0 Å². The van der Waals surface area contributed by atoms with Crippen LogP contribution < -0.4 is 4.74 Å². The minimum atomic E-state index is -0.654. The molecule has 7 heteroatoms. The summed E-state index contributed by atoms with van der Waals surface area (Å²) < 4.78 is 16.6. The van der Waals surface area contributed by atoms with E-state index in [1.165, 1.54) is 13.2 Å². The minimum absolute atomic E-state index is 0.260. The second kappa shape index (κ2) is 6.35. The van der Waals surface area contributed by atoms with E-state index in [4.69, 9.17) is 13.6 Å². The van der Waals surface area contributed by atoms with Crippen molar-refractivity contribution >= 4 is 5.69 Å². The number of phenols is 1. The van der Waals surface area contributed by atoms with Gasteiger partial charge in [0.1, 0.15) is 34.7 Å². The van der Waals surface area contributed by atoms with Crippen molar-refractivity contribution in [1.29, 1.82) is 0 Å². The van der Waals surface area contributed by atoms with Gasteiger partial charge in [-0.1, -0.05) is 0 Å². The lowest BCUT2D eigenvalue weighted by Crippen LogP contribution is -2.04. The van der Waals surface area contributed by atoms with Crippen LogP contribution in [0, 0.1) is 24.0 Å². The maximum Gasteiger partial charge on any atom is 0.314 e. The van der Waals surface area contributed by atoms with Gasteiger partial charge in [0.2, 0.25) is 0 Å². The number of benzene rings is 1. The normalized spacial score (nSPS) is 11.0. The summed E-state index contributed by atoms with van der Waals surface area (Å²) in [5, 5.41) is 21.8. The first-order chi connectivity index (χ1) is 11.9.